The topological polar surface area (TPSA) is 73.2 Å². The molecule has 3 aromatic rings. The zero-order chi connectivity index (χ0) is 23.0. The van der Waals surface area contributed by atoms with Crippen LogP contribution in [0.15, 0.2) is 34.0 Å². The fourth-order valence-corrected chi connectivity index (χ4v) is 5.03. The first-order valence-corrected chi connectivity index (χ1v) is 11.7. The van der Waals surface area contributed by atoms with Gasteiger partial charge in [0.2, 0.25) is 5.92 Å². The Morgan fingerprint density at radius 1 is 1.28 bits per heavy atom. The van der Waals surface area contributed by atoms with E-state index in [4.69, 9.17) is 4.74 Å². The van der Waals surface area contributed by atoms with E-state index in [0.717, 1.165) is 10.5 Å². The van der Waals surface area contributed by atoms with Crippen LogP contribution in [0.25, 0.3) is 21.9 Å². The molecule has 9 heteroatoms. The summed E-state index contributed by atoms with van der Waals surface area (Å²) in [5, 5.41) is 4.01. The number of carbonyl (C=O) groups is 1. The number of anilines is 1. The number of aromatic nitrogens is 2. The Labute approximate surface area is 188 Å². The number of nitrogens with one attached hydrogen (secondary N) is 1. The number of rotatable bonds is 7. The molecule has 0 spiro atoms. The van der Waals surface area contributed by atoms with E-state index in [-0.39, 0.29) is 37.3 Å². The minimum Gasteiger partial charge on any atom is -0.465 e. The number of nitrogens with zero attached hydrogens (tertiary/aromatic N) is 2. The number of pyridine rings is 2. The highest BCUT2D eigenvalue weighted by atomic mass is 32.2. The van der Waals surface area contributed by atoms with Crippen LogP contribution < -0.4 is 10.7 Å². The molecular weight excluding hydrogens is 436 g/mol. The van der Waals surface area contributed by atoms with E-state index in [0.29, 0.717) is 34.3 Å². The van der Waals surface area contributed by atoms with Gasteiger partial charge in [-0.2, -0.15) is 0 Å². The third-order valence-electron chi connectivity index (χ3n) is 5.76. The largest absolute Gasteiger partial charge is 0.465 e. The average molecular weight is 462 g/mol. The molecule has 0 radical (unpaired) electrons. The Bertz CT molecular complexity index is 1250. The van der Waals surface area contributed by atoms with Crippen molar-refractivity contribution in [2.75, 3.05) is 24.7 Å². The number of thioether (sulfide) groups is 1. The van der Waals surface area contributed by atoms with Gasteiger partial charge in [-0.3, -0.25) is 9.59 Å². The molecule has 1 fully saturated rings. The van der Waals surface area contributed by atoms with E-state index >= 15 is 0 Å². The number of fused-ring (bicyclic) bond motifs is 2. The number of hydrogen-bond acceptors (Lipinski definition) is 6. The fraction of sp³-hybridized carbons (Fsp3) is 0.435. The van der Waals surface area contributed by atoms with Crippen LogP contribution in [0.2, 0.25) is 0 Å². The summed E-state index contributed by atoms with van der Waals surface area (Å²) in [6.07, 6.45) is 1.65. The van der Waals surface area contributed by atoms with Gasteiger partial charge in [-0.15, -0.1) is 11.8 Å². The average Bonchev–Trinajstić information content (AvgIpc) is 2.73. The Kier molecular flexibility index (Phi) is 6.11. The molecule has 0 saturated heterocycles. The van der Waals surface area contributed by atoms with Crippen molar-refractivity contribution in [3.05, 3.63) is 40.1 Å². The third-order valence-corrected chi connectivity index (χ3v) is 6.69. The number of aryl methyl sites for hydroxylation is 1. The predicted octanol–water partition coefficient (Wildman–Crippen LogP) is 4.60. The molecule has 1 aliphatic carbocycles. The number of carbonyl (C=O) groups excluding carboxylic acids is 1. The van der Waals surface area contributed by atoms with Gasteiger partial charge in [0.1, 0.15) is 18.0 Å². The molecule has 2 aromatic heterocycles. The van der Waals surface area contributed by atoms with E-state index in [1.165, 1.54) is 11.8 Å². The Morgan fingerprint density at radius 2 is 2.00 bits per heavy atom. The Morgan fingerprint density at radius 3 is 2.66 bits per heavy atom. The number of ether oxygens (including phenoxy) is 1. The lowest BCUT2D eigenvalue weighted by molar-refractivity contribution is -0.143. The summed E-state index contributed by atoms with van der Waals surface area (Å²) in [5.74, 6) is -2.65. The Hall–Kier alpha value is -2.68. The van der Waals surface area contributed by atoms with Gasteiger partial charge >= 0.3 is 5.97 Å². The summed E-state index contributed by atoms with van der Waals surface area (Å²) in [6.45, 7) is 4.22. The maximum atomic E-state index is 13.3. The van der Waals surface area contributed by atoms with E-state index in [1.54, 1.807) is 29.7 Å². The second kappa shape index (κ2) is 8.69. The minimum atomic E-state index is -2.58. The van der Waals surface area contributed by atoms with Crippen molar-refractivity contribution < 1.29 is 18.3 Å². The molecule has 4 rings (SSSR count). The van der Waals surface area contributed by atoms with Crippen molar-refractivity contribution in [1.82, 2.24) is 9.55 Å². The molecule has 170 valence electrons. The van der Waals surface area contributed by atoms with E-state index in [9.17, 15) is 18.4 Å². The zero-order valence-corrected chi connectivity index (χ0v) is 19.0. The number of halogens is 2. The van der Waals surface area contributed by atoms with Crippen molar-refractivity contribution >= 4 is 45.5 Å². The molecule has 1 aromatic carbocycles. The molecule has 0 unspecified atom stereocenters. The third kappa shape index (κ3) is 4.18. The van der Waals surface area contributed by atoms with Crippen molar-refractivity contribution in [2.24, 2.45) is 5.92 Å². The quantitative estimate of drug-likeness (QED) is 0.315. The van der Waals surface area contributed by atoms with Crippen LogP contribution in [-0.4, -0.2) is 40.9 Å². The molecule has 1 aliphatic rings. The number of esters is 1. The van der Waals surface area contributed by atoms with Gasteiger partial charge < -0.3 is 14.6 Å². The molecular formula is C23H25F2N3O3S. The first-order valence-electron chi connectivity index (χ1n) is 10.5. The number of hydrogen-bond donors (Lipinski definition) is 1. The lowest BCUT2D eigenvalue weighted by atomic mass is 9.81. The first-order chi connectivity index (χ1) is 15.2. The summed E-state index contributed by atoms with van der Waals surface area (Å²) in [5.41, 5.74) is 1.83. The van der Waals surface area contributed by atoms with Crippen molar-refractivity contribution in [2.45, 2.75) is 44.1 Å². The van der Waals surface area contributed by atoms with Crippen LogP contribution in [0.3, 0.4) is 0 Å². The normalized spacial score (nSPS) is 15.7. The second-order valence-corrected chi connectivity index (χ2v) is 8.93. The lowest BCUT2D eigenvalue weighted by Gasteiger charge is -2.35. The first kappa shape index (κ1) is 22.5. The fourth-order valence-electron chi connectivity index (χ4n) is 4.23. The van der Waals surface area contributed by atoms with Gasteiger partial charge in [0.25, 0.3) is 0 Å². The summed E-state index contributed by atoms with van der Waals surface area (Å²) in [6, 6.07) is 7.01. The standard InChI is InChI=1S/C23H25F2N3O3S/c1-4-31-18(29)12-28-19-15(6-5-13(2)21(19)32-3)20(30)16-7-8-17(27-22(16)28)26-11-14-9-23(24,25)10-14/h5-8,14H,4,9-12H2,1-3H3,(H,26,27). The molecule has 2 heterocycles. The van der Waals surface area contributed by atoms with Crippen LogP contribution in [0.4, 0.5) is 14.6 Å². The second-order valence-electron chi connectivity index (χ2n) is 8.11. The van der Waals surface area contributed by atoms with E-state index in [2.05, 4.69) is 10.3 Å². The summed E-state index contributed by atoms with van der Waals surface area (Å²) in [7, 11) is 0. The van der Waals surface area contributed by atoms with Gasteiger partial charge in [0.15, 0.2) is 5.43 Å². The molecule has 0 atom stereocenters. The SMILES string of the molecule is CCOC(=O)Cn1c2nc(NCC3CC(F)(F)C3)ccc2c(=O)c2ccc(C)c(SC)c21. The molecule has 0 aliphatic heterocycles. The van der Waals surface area contributed by atoms with Gasteiger partial charge in [-0.25, -0.2) is 13.8 Å². The van der Waals surface area contributed by atoms with Crippen molar-refractivity contribution in [3.63, 3.8) is 0 Å². The summed E-state index contributed by atoms with van der Waals surface area (Å²) >= 11 is 1.50. The van der Waals surface area contributed by atoms with Crippen LogP contribution >= 0.6 is 11.8 Å². The molecule has 32 heavy (non-hydrogen) atoms. The summed E-state index contributed by atoms with van der Waals surface area (Å²) < 4.78 is 33.2. The smallest absolute Gasteiger partial charge is 0.326 e. The van der Waals surface area contributed by atoms with Gasteiger partial charge in [-0.1, -0.05) is 6.07 Å². The highest BCUT2D eigenvalue weighted by Gasteiger charge is 2.44. The highest BCUT2D eigenvalue weighted by molar-refractivity contribution is 7.98. The van der Waals surface area contributed by atoms with Gasteiger partial charge in [0.05, 0.1) is 17.5 Å². The van der Waals surface area contributed by atoms with E-state index < -0.39 is 11.9 Å². The molecule has 0 amide bonds. The predicted molar refractivity (Wildman–Crippen MR) is 123 cm³/mol. The molecule has 6 nitrogen and oxygen atoms in total. The van der Waals surface area contributed by atoms with E-state index in [1.807, 2.05) is 19.2 Å². The molecule has 1 saturated carbocycles. The maximum absolute atomic E-state index is 13.3. The maximum Gasteiger partial charge on any atom is 0.326 e. The van der Waals surface area contributed by atoms with Crippen molar-refractivity contribution in [1.29, 1.82) is 0 Å². The highest BCUT2D eigenvalue weighted by Crippen LogP contribution is 2.42. The minimum absolute atomic E-state index is 0.0938. The van der Waals surface area contributed by atoms with Gasteiger partial charge in [0, 0.05) is 29.7 Å². The number of benzene rings is 1. The van der Waals surface area contributed by atoms with Crippen molar-refractivity contribution in [3.8, 4) is 0 Å². The monoisotopic (exact) mass is 461 g/mol. The molecule has 0 bridgehead atoms. The molecule has 1 N–H and O–H groups in total. The summed E-state index contributed by atoms with van der Waals surface area (Å²) in [4.78, 5) is 31.2. The van der Waals surface area contributed by atoms with Gasteiger partial charge in [-0.05, 0) is 49.8 Å². The van der Waals surface area contributed by atoms with Crippen LogP contribution in [0, 0.1) is 12.8 Å². The van der Waals surface area contributed by atoms with Crippen LogP contribution in [0.1, 0.15) is 25.3 Å². The number of alkyl halides is 2. The lowest BCUT2D eigenvalue weighted by Crippen LogP contribution is -2.39. The van der Waals surface area contributed by atoms with Crippen LogP contribution in [-0.2, 0) is 16.1 Å². The van der Waals surface area contributed by atoms with Crippen LogP contribution in [0.5, 0.6) is 0 Å². The zero-order valence-electron chi connectivity index (χ0n) is 18.2. The Balaban J connectivity index is 1.84.